The molecule has 98 valence electrons. The first-order valence-corrected chi connectivity index (χ1v) is 7.92. The molecule has 2 aromatic carbocycles. The van der Waals surface area contributed by atoms with Crippen molar-refractivity contribution in [1.82, 2.24) is 0 Å². The molecule has 0 saturated carbocycles. The number of fused-ring (bicyclic) bond motifs is 3. The second kappa shape index (κ2) is 4.68. The Morgan fingerprint density at radius 1 is 1.00 bits per heavy atom. The highest BCUT2D eigenvalue weighted by atomic mass is 32.2. The zero-order valence-corrected chi connectivity index (χ0v) is 12.2. The summed E-state index contributed by atoms with van der Waals surface area (Å²) in [5.74, 6) is 0.523. The summed E-state index contributed by atoms with van der Waals surface area (Å²) in [6.07, 6.45) is 7.09. The van der Waals surface area contributed by atoms with Crippen LogP contribution in [0.5, 0.6) is 0 Å². The number of thioether (sulfide) groups is 1. The van der Waals surface area contributed by atoms with E-state index in [-0.39, 0.29) is 0 Å². The van der Waals surface area contributed by atoms with Gasteiger partial charge in [-0.05, 0) is 29.7 Å². The minimum Gasteiger partial charge on any atom is -0.117 e. The normalized spacial score (nSPS) is 23.1. The summed E-state index contributed by atoms with van der Waals surface area (Å²) in [5.41, 5.74) is 5.52. The molecule has 0 N–H and O–H groups in total. The number of allylic oxidation sites excluding steroid dienone is 3. The number of hydrogen-bond acceptors (Lipinski definition) is 1. The monoisotopic (exact) mass is 276 g/mol. The second-order valence-corrected chi connectivity index (χ2v) is 6.72. The van der Waals surface area contributed by atoms with Crippen LogP contribution in [0.4, 0.5) is 0 Å². The molecule has 4 rings (SSSR count). The maximum atomic E-state index is 2.44. The minimum absolute atomic E-state index is 0.523. The van der Waals surface area contributed by atoms with Crippen molar-refractivity contribution >= 4 is 17.3 Å². The van der Waals surface area contributed by atoms with Crippen molar-refractivity contribution in [2.75, 3.05) is 0 Å². The van der Waals surface area contributed by atoms with Gasteiger partial charge in [-0.1, -0.05) is 66.3 Å². The lowest BCUT2D eigenvalue weighted by Crippen LogP contribution is -2.09. The number of benzene rings is 2. The Morgan fingerprint density at radius 2 is 1.85 bits per heavy atom. The van der Waals surface area contributed by atoms with Crippen LogP contribution < -0.4 is 0 Å². The Balaban J connectivity index is 1.78. The van der Waals surface area contributed by atoms with Crippen molar-refractivity contribution in [3.63, 3.8) is 0 Å². The fourth-order valence-electron chi connectivity index (χ4n) is 3.05. The fourth-order valence-corrected chi connectivity index (χ4v) is 4.35. The molecule has 20 heavy (non-hydrogen) atoms. The van der Waals surface area contributed by atoms with Gasteiger partial charge in [-0.15, -0.1) is 11.8 Å². The van der Waals surface area contributed by atoms with Crippen LogP contribution in [0.15, 0.2) is 71.7 Å². The molecule has 2 atom stereocenters. The van der Waals surface area contributed by atoms with Gasteiger partial charge < -0.3 is 0 Å². The average Bonchev–Trinajstić information content (AvgIpc) is 2.85. The van der Waals surface area contributed by atoms with Crippen LogP contribution in [0.2, 0.25) is 0 Å². The second-order valence-electron chi connectivity index (χ2n) is 5.50. The Bertz CT molecular complexity index is 710. The first-order valence-electron chi connectivity index (χ1n) is 7.04. The smallest absolute Gasteiger partial charge is 0.0381 e. The van der Waals surface area contributed by atoms with E-state index < -0.39 is 0 Å². The average molecular weight is 276 g/mol. The molecule has 0 bridgehead atoms. The summed E-state index contributed by atoms with van der Waals surface area (Å²) < 4.78 is 0. The predicted octanol–water partition coefficient (Wildman–Crippen LogP) is 5.21. The SMILES string of the molecule is Cc1ccc2c(c1)C1C=C(c3ccccc3)C=CC1S2. The van der Waals surface area contributed by atoms with Gasteiger partial charge in [-0.2, -0.15) is 0 Å². The van der Waals surface area contributed by atoms with Gasteiger partial charge in [0.2, 0.25) is 0 Å². The van der Waals surface area contributed by atoms with E-state index in [4.69, 9.17) is 0 Å². The number of rotatable bonds is 1. The number of aryl methyl sites for hydroxylation is 1. The molecular formula is C19H16S. The van der Waals surface area contributed by atoms with Gasteiger partial charge in [0.05, 0.1) is 0 Å². The molecule has 2 unspecified atom stereocenters. The first-order chi connectivity index (χ1) is 9.81. The zero-order chi connectivity index (χ0) is 13.5. The van der Waals surface area contributed by atoms with Gasteiger partial charge in [-0.3, -0.25) is 0 Å². The van der Waals surface area contributed by atoms with Crippen LogP contribution in [0.3, 0.4) is 0 Å². The van der Waals surface area contributed by atoms with E-state index in [9.17, 15) is 0 Å². The van der Waals surface area contributed by atoms with Crippen LogP contribution in [0.1, 0.15) is 22.6 Å². The maximum Gasteiger partial charge on any atom is 0.0381 e. The van der Waals surface area contributed by atoms with Crippen LogP contribution >= 0.6 is 11.8 Å². The summed E-state index contributed by atoms with van der Waals surface area (Å²) in [5, 5.41) is 0.569. The van der Waals surface area contributed by atoms with Gasteiger partial charge in [0.1, 0.15) is 0 Å². The maximum absolute atomic E-state index is 2.44. The van der Waals surface area contributed by atoms with E-state index in [0.717, 1.165) is 0 Å². The molecule has 0 spiro atoms. The molecule has 0 saturated heterocycles. The van der Waals surface area contributed by atoms with Crippen molar-refractivity contribution in [3.05, 3.63) is 83.4 Å². The lowest BCUT2D eigenvalue weighted by atomic mass is 9.87. The molecule has 0 nitrogen and oxygen atoms in total. The highest BCUT2D eigenvalue weighted by molar-refractivity contribution is 8.00. The van der Waals surface area contributed by atoms with Crippen molar-refractivity contribution in [1.29, 1.82) is 0 Å². The zero-order valence-electron chi connectivity index (χ0n) is 11.4. The minimum atomic E-state index is 0.523. The van der Waals surface area contributed by atoms with E-state index in [1.807, 2.05) is 11.8 Å². The van der Waals surface area contributed by atoms with Gasteiger partial charge in [-0.25, -0.2) is 0 Å². The summed E-state index contributed by atoms with van der Waals surface area (Å²) in [4.78, 5) is 1.45. The highest BCUT2D eigenvalue weighted by Gasteiger charge is 2.32. The van der Waals surface area contributed by atoms with Gasteiger partial charge in [0.15, 0.2) is 0 Å². The van der Waals surface area contributed by atoms with Crippen molar-refractivity contribution in [3.8, 4) is 0 Å². The third-order valence-corrected chi connectivity index (χ3v) is 5.42. The van der Waals surface area contributed by atoms with Gasteiger partial charge in [0, 0.05) is 16.1 Å². The Morgan fingerprint density at radius 3 is 2.70 bits per heavy atom. The Kier molecular flexibility index (Phi) is 2.82. The summed E-state index contributed by atoms with van der Waals surface area (Å²) in [6.45, 7) is 2.18. The quantitative estimate of drug-likeness (QED) is 0.689. The van der Waals surface area contributed by atoms with Crippen molar-refractivity contribution in [2.24, 2.45) is 0 Å². The topological polar surface area (TPSA) is 0 Å². The molecule has 0 radical (unpaired) electrons. The molecule has 1 heteroatoms. The largest absolute Gasteiger partial charge is 0.117 e. The van der Waals surface area contributed by atoms with E-state index >= 15 is 0 Å². The Labute approximate surface area is 124 Å². The molecular weight excluding hydrogens is 260 g/mol. The third-order valence-electron chi connectivity index (χ3n) is 4.07. The van der Waals surface area contributed by atoms with Gasteiger partial charge >= 0.3 is 0 Å². The molecule has 2 aromatic rings. The first kappa shape index (κ1) is 12.0. The standard InChI is InChI=1S/C19H16S/c1-13-7-9-18-16(11-13)17-12-15(8-10-19(17)20-18)14-5-3-2-4-6-14/h2-12,17,19H,1H3. The van der Waals surface area contributed by atoms with E-state index in [1.165, 1.54) is 27.2 Å². The molecule has 2 aliphatic rings. The van der Waals surface area contributed by atoms with E-state index in [0.29, 0.717) is 11.2 Å². The molecule has 1 aliphatic heterocycles. The van der Waals surface area contributed by atoms with Crippen LogP contribution in [-0.2, 0) is 0 Å². The number of hydrogen-bond donors (Lipinski definition) is 0. The summed E-state index contributed by atoms with van der Waals surface area (Å²) in [7, 11) is 0. The van der Waals surface area contributed by atoms with Crippen LogP contribution in [0.25, 0.3) is 5.57 Å². The summed E-state index contributed by atoms with van der Waals surface area (Å²) in [6, 6.07) is 17.5. The van der Waals surface area contributed by atoms with Gasteiger partial charge in [0.25, 0.3) is 0 Å². The van der Waals surface area contributed by atoms with Crippen LogP contribution in [0, 0.1) is 6.92 Å². The van der Waals surface area contributed by atoms with E-state index in [1.54, 1.807) is 0 Å². The van der Waals surface area contributed by atoms with Crippen molar-refractivity contribution < 1.29 is 0 Å². The van der Waals surface area contributed by atoms with Crippen molar-refractivity contribution in [2.45, 2.75) is 23.0 Å². The van der Waals surface area contributed by atoms with Crippen LogP contribution in [-0.4, -0.2) is 5.25 Å². The molecule has 1 aliphatic carbocycles. The fraction of sp³-hybridized carbons (Fsp3) is 0.158. The lowest BCUT2D eigenvalue weighted by Gasteiger charge is -2.19. The van der Waals surface area contributed by atoms with E-state index in [2.05, 4.69) is 73.7 Å². The molecule has 0 aromatic heterocycles. The molecule has 1 heterocycles. The Hall–Kier alpha value is -1.73. The third kappa shape index (κ3) is 1.94. The predicted molar refractivity (Wildman–Crippen MR) is 87.1 cm³/mol. The molecule has 0 amide bonds. The lowest BCUT2D eigenvalue weighted by molar-refractivity contribution is 0.882. The molecule has 0 fully saturated rings. The summed E-state index contributed by atoms with van der Waals surface area (Å²) >= 11 is 1.99. The highest BCUT2D eigenvalue weighted by Crippen LogP contribution is 2.49.